The summed E-state index contributed by atoms with van der Waals surface area (Å²) in [6, 6.07) is -0.127. The van der Waals surface area contributed by atoms with Gasteiger partial charge in [-0.2, -0.15) is 0 Å². The lowest BCUT2D eigenvalue weighted by atomic mass is 10.1. The molecule has 0 saturated carbocycles. The molecule has 0 spiro atoms. The second-order valence-electron chi connectivity index (χ2n) is 2.54. The van der Waals surface area contributed by atoms with Crippen molar-refractivity contribution in [2.24, 2.45) is 11.7 Å². The van der Waals surface area contributed by atoms with Crippen molar-refractivity contribution >= 4 is 6.09 Å². The number of hydrogen-bond donors (Lipinski definition) is 3. The fourth-order valence-electron chi connectivity index (χ4n) is 0.656. The lowest BCUT2D eigenvalue weighted by Crippen LogP contribution is -2.42. The predicted molar refractivity (Wildman–Crippen MR) is 38.8 cm³/mol. The van der Waals surface area contributed by atoms with E-state index in [-0.39, 0.29) is 12.0 Å². The largest absolute Gasteiger partial charge is 0.465 e. The molecule has 0 rings (SSSR count). The monoisotopic (exact) mass is 146 g/mol. The molecule has 1 amide bonds. The van der Waals surface area contributed by atoms with Crippen molar-refractivity contribution in [3.05, 3.63) is 0 Å². The predicted octanol–water partition coefficient (Wildman–Crippen LogP) is 0.237. The number of carbonyl (C=O) groups is 1. The van der Waals surface area contributed by atoms with Crippen molar-refractivity contribution in [1.82, 2.24) is 5.32 Å². The van der Waals surface area contributed by atoms with Crippen molar-refractivity contribution in [3.8, 4) is 0 Å². The standard InChI is InChI=1S/C6H14N2O2/c1-4(2)5(3-7)8-6(9)10/h4-5,8H,3,7H2,1-2H3,(H,9,10)/t5-/m0/s1. The molecular weight excluding hydrogens is 132 g/mol. The highest BCUT2D eigenvalue weighted by Crippen LogP contribution is 1.98. The van der Waals surface area contributed by atoms with E-state index in [0.29, 0.717) is 6.54 Å². The van der Waals surface area contributed by atoms with Gasteiger partial charge in [0, 0.05) is 12.6 Å². The van der Waals surface area contributed by atoms with Crippen LogP contribution in [0.2, 0.25) is 0 Å². The van der Waals surface area contributed by atoms with Gasteiger partial charge in [0.2, 0.25) is 0 Å². The zero-order valence-corrected chi connectivity index (χ0v) is 6.29. The molecule has 0 heterocycles. The van der Waals surface area contributed by atoms with E-state index >= 15 is 0 Å². The normalized spacial score (nSPS) is 13.2. The average molecular weight is 146 g/mol. The van der Waals surface area contributed by atoms with Crippen molar-refractivity contribution in [3.63, 3.8) is 0 Å². The van der Waals surface area contributed by atoms with Crippen LogP contribution >= 0.6 is 0 Å². The molecule has 1 atom stereocenters. The van der Waals surface area contributed by atoms with Crippen LogP contribution < -0.4 is 11.1 Å². The molecule has 10 heavy (non-hydrogen) atoms. The molecular formula is C6H14N2O2. The summed E-state index contributed by atoms with van der Waals surface area (Å²) in [6.45, 7) is 4.20. The summed E-state index contributed by atoms with van der Waals surface area (Å²) >= 11 is 0. The van der Waals surface area contributed by atoms with Gasteiger partial charge in [-0.05, 0) is 5.92 Å². The Kier molecular flexibility index (Phi) is 3.79. The lowest BCUT2D eigenvalue weighted by Gasteiger charge is -2.17. The Balaban J connectivity index is 3.71. The molecule has 4 N–H and O–H groups in total. The molecule has 0 aliphatic carbocycles. The summed E-state index contributed by atoms with van der Waals surface area (Å²) in [5.74, 6) is 0.251. The van der Waals surface area contributed by atoms with Gasteiger partial charge in [-0.25, -0.2) is 4.79 Å². The van der Waals surface area contributed by atoms with Crippen LogP contribution in [-0.4, -0.2) is 23.8 Å². The van der Waals surface area contributed by atoms with Crippen LogP contribution in [0, 0.1) is 5.92 Å². The third-order valence-corrected chi connectivity index (χ3v) is 1.37. The first-order chi connectivity index (χ1) is 4.57. The second kappa shape index (κ2) is 4.11. The van der Waals surface area contributed by atoms with E-state index in [1.54, 1.807) is 0 Å². The van der Waals surface area contributed by atoms with Crippen LogP contribution in [0.4, 0.5) is 4.79 Å². The van der Waals surface area contributed by atoms with Gasteiger partial charge in [0.25, 0.3) is 0 Å². The summed E-state index contributed by atoms with van der Waals surface area (Å²) < 4.78 is 0. The summed E-state index contributed by atoms with van der Waals surface area (Å²) in [5, 5.41) is 10.6. The second-order valence-corrected chi connectivity index (χ2v) is 2.54. The van der Waals surface area contributed by atoms with Crippen LogP contribution in [0.5, 0.6) is 0 Å². The van der Waals surface area contributed by atoms with E-state index in [4.69, 9.17) is 10.8 Å². The number of hydrogen-bond acceptors (Lipinski definition) is 2. The smallest absolute Gasteiger partial charge is 0.404 e. The molecule has 4 heteroatoms. The van der Waals surface area contributed by atoms with Gasteiger partial charge in [-0.1, -0.05) is 13.8 Å². The zero-order valence-electron chi connectivity index (χ0n) is 6.29. The molecule has 0 aromatic rings. The third kappa shape index (κ3) is 3.29. The minimum atomic E-state index is -1.01. The fourth-order valence-corrected chi connectivity index (χ4v) is 0.656. The Labute approximate surface area is 60.4 Å². The number of rotatable bonds is 3. The van der Waals surface area contributed by atoms with Crippen molar-refractivity contribution in [2.45, 2.75) is 19.9 Å². The molecule has 0 aliphatic heterocycles. The van der Waals surface area contributed by atoms with Crippen LogP contribution in [0.1, 0.15) is 13.8 Å². The molecule has 0 aromatic carbocycles. The lowest BCUT2D eigenvalue weighted by molar-refractivity contribution is 0.186. The topological polar surface area (TPSA) is 75.3 Å². The minimum absolute atomic E-state index is 0.127. The Bertz CT molecular complexity index is 114. The number of carboxylic acid groups (broad SMARTS) is 1. The number of nitrogens with two attached hydrogens (primary N) is 1. The van der Waals surface area contributed by atoms with E-state index in [9.17, 15) is 4.79 Å². The Morgan fingerprint density at radius 3 is 2.30 bits per heavy atom. The van der Waals surface area contributed by atoms with E-state index in [1.807, 2.05) is 13.8 Å². The molecule has 0 fully saturated rings. The maximum atomic E-state index is 10.1. The molecule has 0 saturated heterocycles. The summed E-state index contributed by atoms with van der Waals surface area (Å²) in [4.78, 5) is 10.1. The maximum Gasteiger partial charge on any atom is 0.404 e. The van der Waals surface area contributed by atoms with Crippen molar-refractivity contribution in [1.29, 1.82) is 0 Å². The highest BCUT2D eigenvalue weighted by molar-refractivity contribution is 5.64. The first kappa shape index (κ1) is 9.23. The van der Waals surface area contributed by atoms with Gasteiger partial charge in [0.1, 0.15) is 0 Å². The molecule has 4 nitrogen and oxygen atoms in total. The van der Waals surface area contributed by atoms with E-state index < -0.39 is 6.09 Å². The SMILES string of the molecule is CC(C)[C@H](CN)NC(=O)O. The van der Waals surface area contributed by atoms with E-state index in [2.05, 4.69) is 5.32 Å². The average Bonchev–Trinajstić information content (AvgIpc) is 1.81. The van der Waals surface area contributed by atoms with Gasteiger partial charge in [-0.15, -0.1) is 0 Å². The molecule has 0 bridgehead atoms. The summed E-state index contributed by atoms with van der Waals surface area (Å²) in [5.41, 5.74) is 5.30. The van der Waals surface area contributed by atoms with Gasteiger partial charge < -0.3 is 16.2 Å². The van der Waals surface area contributed by atoms with Gasteiger partial charge in [-0.3, -0.25) is 0 Å². The Morgan fingerprint density at radius 2 is 2.20 bits per heavy atom. The number of nitrogens with one attached hydrogen (secondary N) is 1. The van der Waals surface area contributed by atoms with Crippen LogP contribution in [0.25, 0.3) is 0 Å². The van der Waals surface area contributed by atoms with Gasteiger partial charge >= 0.3 is 6.09 Å². The fraction of sp³-hybridized carbons (Fsp3) is 0.833. The number of amides is 1. The zero-order chi connectivity index (χ0) is 8.15. The third-order valence-electron chi connectivity index (χ3n) is 1.37. The van der Waals surface area contributed by atoms with Crippen molar-refractivity contribution in [2.75, 3.05) is 6.54 Å². The highest BCUT2D eigenvalue weighted by atomic mass is 16.4. The first-order valence-corrected chi connectivity index (χ1v) is 3.27. The minimum Gasteiger partial charge on any atom is -0.465 e. The molecule has 0 aromatic heterocycles. The first-order valence-electron chi connectivity index (χ1n) is 3.27. The van der Waals surface area contributed by atoms with Gasteiger partial charge in [0.05, 0.1) is 0 Å². The Morgan fingerprint density at radius 1 is 1.70 bits per heavy atom. The summed E-state index contributed by atoms with van der Waals surface area (Å²) in [6.07, 6.45) is -1.01. The molecule has 0 radical (unpaired) electrons. The molecule has 0 unspecified atom stereocenters. The van der Waals surface area contributed by atoms with Crippen LogP contribution in [0.3, 0.4) is 0 Å². The van der Waals surface area contributed by atoms with Gasteiger partial charge in [0.15, 0.2) is 0 Å². The summed E-state index contributed by atoms with van der Waals surface area (Å²) in [7, 11) is 0. The van der Waals surface area contributed by atoms with Crippen LogP contribution in [-0.2, 0) is 0 Å². The molecule has 60 valence electrons. The van der Waals surface area contributed by atoms with Crippen LogP contribution in [0.15, 0.2) is 0 Å². The van der Waals surface area contributed by atoms with E-state index in [1.165, 1.54) is 0 Å². The quantitative estimate of drug-likeness (QED) is 0.533. The molecule has 0 aliphatic rings. The van der Waals surface area contributed by atoms with E-state index in [0.717, 1.165) is 0 Å². The highest BCUT2D eigenvalue weighted by Gasteiger charge is 2.12. The van der Waals surface area contributed by atoms with Crippen molar-refractivity contribution < 1.29 is 9.90 Å². The Hall–Kier alpha value is -0.770. The maximum absolute atomic E-state index is 10.1.